The van der Waals surface area contributed by atoms with Crippen LogP contribution in [0.5, 0.6) is 0 Å². The van der Waals surface area contributed by atoms with Crippen LogP contribution in [0.25, 0.3) is 10.9 Å². The molecule has 1 aromatic carbocycles. The van der Waals surface area contributed by atoms with Crippen molar-refractivity contribution in [2.75, 3.05) is 0 Å². The molecular formula is C21H19N5O4. The average molecular weight is 405 g/mol. The number of piperidine rings is 1. The van der Waals surface area contributed by atoms with E-state index in [1.54, 1.807) is 37.3 Å². The molecule has 2 aromatic heterocycles. The fourth-order valence-electron chi connectivity index (χ4n) is 3.87. The molecule has 1 unspecified atom stereocenters. The summed E-state index contributed by atoms with van der Waals surface area (Å²) in [5.41, 5.74) is 6.91. The number of nitrogens with zero attached hydrogens (tertiary/aromatic N) is 3. The minimum atomic E-state index is -0.806. The summed E-state index contributed by atoms with van der Waals surface area (Å²) < 4.78 is 1.34. The van der Waals surface area contributed by atoms with Gasteiger partial charge in [0, 0.05) is 19.0 Å². The predicted molar refractivity (Wildman–Crippen MR) is 108 cm³/mol. The third-order valence-electron chi connectivity index (χ3n) is 5.22. The first-order chi connectivity index (χ1) is 14.4. The van der Waals surface area contributed by atoms with Crippen molar-refractivity contribution < 1.29 is 14.4 Å². The van der Waals surface area contributed by atoms with E-state index in [0.717, 1.165) is 0 Å². The van der Waals surface area contributed by atoms with E-state index in [4.69, 9.17) is 5.73 Å². The normalized spacial score (nSPS) is 16.5. The smallest absolute Gasteiger partial charge is 0.267 e. The lowest BCUT2D eigenvalue weighted by molar-refractivity contribution is -0.135. The summed E-state index contributed by atoms with van der Waals surface area (Å²) in [4.78, 5) is 57.6. The monoisotopic (exact) mass is 405 g/mol. The number of nitrogens with one attached hydrogen (secondary N) is 1. The molecule has 152 valence electrons. The van der Waals surface area contributed by atoms with Crippen molar-refractivity contribution in [1.29, 1.82) is 0 Å². The summed E-state index contributed by atoms with van der Waals surface area (Å²) >= 11 is 0. The summed E-state index contributed by atoms with van der Waals surface area (Å²) in [5.74, 6) is -1.13. The standard InChI is InChI=1S/C21H19N5O4/c1-11-24-14-6-2-4-12(10-13-5-3-9-23-18(13)19(22)28)17(14)21(30)26(11)15-7-8-16(27)25-20(15)29/h2-6,9,15H,7-8,10H2,1H3,(H2,22,28)(H,25,27,29). The van der Waals surface area contributed by atoms with Crippen molar-refractivity contribution in [2.45, 2.75) is 32.2 Å². The van der Waals surface area contributed by atoms with E-state index in [9.17, 15) is 19.2 Å². The topological polar surface area (TPSA) is 137 Å². The zero-order valence-electron chi connectivity index (χ0n) is 16.2. The number of fused-ring (bicyclic) bond motifs is 1. The minimum absolute atomic E-state index is 0.139. The number of aromatic nitrogens is 3. The molecule has 1 aliphatic heterocycles. The Labute approximate surface area is 170 Å². The lowest BCUT2D eigenvalue weighted by atomic mass is 9.99. The quantitative estimate of drug-likeness (QED) is 0.615. The third kappa shape index (κ3) is 3.34. The molecule has 3 amide bonds. The number of pyridine rings is 1. The zero-order valence-corrected chi connectivity index (χ0v) is 16.2. The number of carbonyl (C=O) groups is 3. The second kappa shape index (κ2) is 7.51. The zero-order chi connectivity index (χ0) is 21.4. The Bertz CT molecular complexity index is 1260. The van der Waals surface area contributed by atoms with Crippen LogP contribution < -0.4 is 16.6 Å². The summed E-state index contributed by atoms with van der Waals surface area (Å²) in [6.07, 6.45) is 2.11. The molecule has 3 aromatic rings. The highest BCUT2D eigenvalue weighted by Gasteiger charge is 2.30. The van der Waals surface area contributed by atoms with Crippen LogP contribution >= 0.6 is 0 Å². The van der Waals surface area contributed by atoms with Gasteiger partial charge in [-0.3, -0.25) is 34.0 Å². The predicted octanol–water partition coefficient (Wildman–Crippen LogP) is 0.767. The molecule has 0 spiro atoms. The molecule has 3 N–H and O–H groups in total. The number of benzene rings is 1. The molecule has 0 saturated carbocycles. The van der Waals surface area contributed by atoms with Crippen molar-refractivity contribution in [3.05, 3.63) is 69.5 Å². The van der Waals surface area contributed by atoms with Gasteiger partial charge in [0.05, 0.1) is 10.9 Å². The van der Waals surface area contributed by atoms with Crippen LogP contribution in [0.15, 0.2) is 41.3 Å². The molecule has 1 saturated heterocycles. The van der Waals surface area contributed by atoms with Gasteiger partial charge < -0.3 is 5.73 Å². The van der Waals surface area contributed by atoms with Crippen molar-refractivity contribution in [2.24, 2.45) is 5.73 Å². The van der Waals surface area contributed by atoms with Gasteiger partial charge in [-0.05, 0) is 36.6 Å². The number of hydrogen-bond donors (Lipinski definition) is 2. The number of aryl methyl sites for hydroxylation is 1. The SMILES string of the molecule is Cc1nc2cccc(Cc3cccnc3C(N)=O)c2c(=O)n1C1CCC(=O)NC1=O. The van der Waals surface area contributed by atoms with Gasteiger partial charge in [-0.1, -0.05) is 18.2 Å². The second-order valence-electron chi connectivity index (χ2n) is 7.16. The summed E-state index contributed by atoms with van der Waals surface area (Å²) in [6, 6.07) is 7.89. The van der Waals surface area contributed by atoms with E-state index in [-0.39, 0.29) is 36.4 Å². The van der Waals surface area contributed by atoms with Gasteiger partial charge in [-0.25, -0.2) is 4.98 Å². The summed E-state index contributed by atoms with van der Waals surface area (Å²) in [7, 11) is 0. The van der Waals surface area contributed by atoms with E-state index >= 15 is 0 Å². The fraction of sp³-hybridized carbons (Fsp3) is 0.238. The largest absolute Gasteiger partial charge is 0.364 e. The van der Waals surface area contributed by atoms with E-state index in [1.807, 2.05) is 0 Å². The summed E-state index contributed by atoms with van der Waals surface area (Å²) in [6.45, 7) is 1.66. The van der Waals surface area contributed by atoms with Crippen molar-refractivity contribution >= 4 is 28.6 Å². The Hall–Kier alpha value is -3.88. The highest BCUT2D eigenvalue weighted by atomic mass is 16.2. The molecule has 0 aliphatic carbocycles. The Morgan fingerprint density at radius 3 is 2.70 bits per heavy atom. The number of primary amides is 1. The highest BCUT2D eigenvalue weighted by molar-refractivity contribution is 5.99. The van der Waals surface area contributed by atoms with E-state index < -0.39 is 17.9 Å². The first-order valence-corrected chi connectivity index (χ1v) is 9.45. The van der Waals surface area contributed by atoms with Crippen molar-refractivity contribution in [1.82, 2.24) is 19.9 Å². The Morgan fingerprint density at radius 2 is 1.97 bits per heavy atom. The maximum absolute atomic E-state index is 13.5. The molecular weight excluding hydrogens is 386 g/mol. The number of imide groups is 1. The Morgan fingerprint density at radius 1 is 1.20 bits per heavy atom. The van der Waals surface area contributed by atoms with Crippen LogP contribution in [0.2, 0.25) is 0 Å². The number of rotatable bonds is 4. The van der Waals surface area contributed by atoms with Crippen LogP contribution in [0, 0.1) is 6.92 Å². The molecule has 0 radical (unpaired) electrons. The average Bonchev–Trinajstić information content (AvgIpc) is 2.69. The van der Waals surface area contributed by atoms with Gasteiger partial charge in [0.25, 0.3) is 11.5 Å². The van der Waals surface area contributed by atoms with Crippen molar-refractivity contribution in [3.63, 3.8) is 0 Å². The van der Waals surface area contributed by atoms with Crippen LogP contribution in [0.1, 0.15) is 46.3 Å². The van der Waals surface area contributed by atoms with Crippen LogP contribution in [0.3, 0.4) is 0 Å². The fourth-order valence-corrected chi connectivity index (χ4v) is 3.87. The Kier molecular flexibility index (Phi) is 4.86. The molecule has 0 bridgehead atoms. The lowest BCUT2D eigenvalue weighted by Crippen LogP contribution is -2.45. The lowest BCUT2D eigenvalue weighted by Gasteiger charge is -2.24. The maximum atomic E-state index is 13.5. The van der Waals surface area contributed by atoms with Gasteiger partial charge >= 0.3 is 0 Å². The van der Waals surface area contributed by atoms with Gasteiger partial charge in [0.1, 0.15) is 17.6 Å². The van der Waals surface area contributed by atoms with E-state index in [2.05, 4.69) is 15.3 Å². The second-order valence-corrected chi connectivity index (χ2v) is 7.16. The van der Waals surface area contributed by atoms with Gasteiger partial charge in [-0.2, -0.15) is 0 Å². The number of hydrogen-bond acceptors (Lipinski definition) is 6. The third-order valence-corrected chi connectivity index (χ3v) is 5.22. The van der Waals surface area contributed by atoms with Crippen LogP contribution in [0.4, 0.5) is 0 Å². The molecule has 3 heterocycles. The maximum Gasteiger partial charge on any atom is 0.267 e. The molecule has 1 aliphatic rings. The first kappa shape index (κ1) is 19.4. The van der Waals surface area contributed by atoms with Crippen LogP contribution in [-0.4, -0.2) is 32.3 Å². The van der Waals surface area contributed by atoms with E-state index in [1.165, 1.54) is 10.8 Å². The van der Waals surface area contributed by atoms with Gasteiger partial charge in [-0.15, -0.1) is 0 Å². The highest BCUT2D eigenvalue weighted by Crippen LogP contribution is 2.23. The molecule has 9 heteroatoms. The first-order valence-electron chi connectivity index (χ1n) is 9.45. The molecule has 4 rings (SSSR count). The van der Waals surface area contributed by atoms with Crippen molar-refractivity contribution in [3.8, 4) is 0 Å². The number of amides is 3. The molecule has 1 fully saturated rings. The van der Waals surface area contributed by atoms with E-state index in [0.29, 0.717) is 27.9 Å². The number of carbonyl (C=O) groups excluding carboxylic acids is 3. The molecule has 9 nitrogen and oxygen atoms in total. The minimum Gasteiger partial charge on any atom is -0.364 e. The summed E-state index contributed by atoms with van der Waals surface area (Å²) in [5, 5.41) is 2.63. The number of nitrogens with two attached hydrogens (primary N) is 1. The molecule has 1 atom stereocenters. The molecule has 30 heavy (non-hydrogen) atoms. The van der Waals surface area contributed by atoms with Crippen LogP contribution in [-0.2, 0) is 16.0 Å². The van der Waals surface area contributed by atoms with Gasteiger partial charge in [0.15, 0.2) is 0 Å². The Balaban J connectivity index is 1.87. The van der Waals surface area contributed by atoms with Gasteiger partial charge in [0.2, 0.25) is 11.8 Å².